The number of aromatic hydroxyl groups is 1. The van der Waals surface area contributed by atoms with Crippen LogP contribution in [-0.2, 0) is 11.2 Å². The Kier molecular flexibility index (Phi) is 6.36. The molecule has 1 aromatic rings. The fraction of sp³-hybridized carbons (Fsp3) is 0.533. The van der Waals surface area contributed by atoms with Crippen LogP contribution in [0.1, 0.15) is 32.3 Å². The molecule has 0 aliphatic rings. The second kappa shape index (κ2) is 7.79. The van der Waals surface area contributed by atoms with Crippen molar-refractivity contribution in [3.8, 4) is 5.75 Å². The van der Waals surface area contributed by atoms with Crippen LogP contribution in [0.2, 0.25) is 0 Å². The molecular weight excluding hydrogens is 242 g/mol. The maximum absolute atomic E-state index is 10.6. The standard InChI is InChI=1S/C15H23NO3/c1-3-16(11-10-15(18)19)12(2)4-5-13-6-8-14(17)9-7-13/h6-9,12,17H,3-5,10-11H2,1-2H3,(H,18,19). The van der Waals surface area contributed by atoms with Crippen molar-refractivity contribution in [3.63, 3.8) is 0 Å². The Morgan fingerprint density at radius 3 is 2.47 bits per heavy atom. The van der Waals surface area contributed by atoms with E-state index in [9.17, 15) is 9.90 Å². The molecule has 19 heavy (non-hydrogen) atoms. The van der Waals surface area contributed by atoms with E-state index >= 15 is 0 Å². The van der Waals surface area contributed by atoms with Gasteiger partial charge in [0.1, 0.15) is 5.75 Å². The van der Waals surface area contributed by atoms with Crippen molar-refractivity contribution >= 4 is 5.97 Å². The smallest absolute Gasteiger partial charge is 0.304 e. The zero-order chi connectivity index (χ0) is 14.3. The van der Waals surface area contributed by atoms with Gasteiger partial charge in [-0.3, -0.25) is 4.79 Å². The summed E-state index contributed by atoms with van der Waals surface area (Å²) in [6.45, 7) is 5.65. The van der Waals surface area contributed by atoms with Crippen molar-refractivity contribution in [1.29, 1.82) is 0 Å². The Labute approximate surface area is 114 Å². The summed E-state index contributed by atoms with van der Waals surface area (Å²) < 4.78 is 0. The van der Waals surface area contributed by atoms with Crippen molar-refractivity contribution in [2.24, 2.45) is 0 Å². The number of carbonyl (C=O) groups is 1. The summed E-state index contributed by atoms with van der Waals surface area (Å²) >= 11 is 0. The average Bonchev–Trinajstić information content (AvgIpc) is 2.38. The fourth-order valence-corrected chi connectivity index (χ4v) is 2.15. The van der Waals surface area contributed by atoms with Crippen molar-refractivity contribution in [1.82, 2.24) is 4.90 Å². The van der Waals surface area contributed by atoms with Crippen molar-refractivity contribution in [3.05, 3.63) is 29.8 Å². The molecule has 1 unspecified atom stereocenters. The molecule has 0 saturated carbocycles. The first-order valence-electron chi connectivity index (χ1n) is 6.76. The number of aliphatic carboxylic acids is 1. The van der Waals surface area contributed by atoms with Crippen molar-refractivity contribution in [2.45, 2.75) is 39.2 Å². The van der Waals surface area contributed by atoms with Gasteiger partial charge in [0.2, 0.25) is 0 Å². The van der Waals surface area contributed by atoms with Crippen molar-refractivity contribution in [2.75, 3.05) is 13.1 Å². The van der Waals surface area contributed by atoms with E-state index in [4.69, 9.17) is 5.11 Å². The first-order chi connectivity index (χ1) is 9.02. The van der Waals surface area contributed by atoms with Crippen LogP contribution in [0.15, 0.2) is 24.3 Å². The zero-order valence-electron chi connectivity index (χ0n) is 11.7. The first-order valence-corrected chi connectivity index (χ1v) is 6.76. The van der Waals surface area contributed by atoms with Gasteiger partial charge in [0, 0.05) is 12.6 Å². The van der Waals surface area contributed by atoms with E-state index in [0.29, 0.717) is 12.6 Å². The summed E-state index contributed by atoms with van der Waals surface area (Å²) in [5, 5.41) is 17.9. The van der Waals surface area contributed by atoms with Gasteiger partial charge in [-0.2, -0.15) is 0 Å². The third-order valence-electron chi connectivity index (χ3n) is 3.43. The molecule has 1 aromatic carbocycles. The molecule has 1 atom stereocenters. The van der Waals surface area contributed by atoms with Crippen LogP contribution >= 0.6 is 0 Å². The number of phenols is 1. The third kappa shape index (κ3) is 5.75. The lowest BCUT2D eigenvalue weighted by molar-refractivity contribution is -0.137. The molecule has 0 amide bonds. The van der Waals surface area contributed by atoms with Gasteiger partial charge >= 0.3 is 5.97 Å². The number of carboxylic acid groups (broad SMARTS) is 1. The lowest BCUT2D eigenvalue weighted by Crippen LogP contribution is -2.35. The van der Waals surface area contributed by atoms with Crippen LogP contribution in [-0.4, -0.2) is 40.2 Å². The predicted octanol–water partition coefficient (Wildman–Crippen LogP) is 2.51. The lowest BCUT2D eigenvalue weighted by atomic mass is 10.0. The second-order valence-corrected chi connectivity index (χ2v) is 4.83. The number of nitrogens with zero attached hydrogens (tertiary/aromatic N) is 1. The van der Waals surface area contributed by atoms with E-state index < -0.39 is 5.97 Å². The monoisotopic (exact) mass is 265 g/mol. The topological polar surface area (TPSA) is 60.8 Å². The number of hydrogen-bond donors (Lipinski definition) is 2. The molecule has 0 aliphatic carbocycles. The number of phenolic OH excluding ortho intramolecular Hbond substituents is 1. The molecule has 4 heteroatoms. The maximum atomic E-state index is 10.6. The summed E-state index contributed by atoms with van der Waals surface area (Å²) in [5.74, 6) is -0.461. The molecule has 0 heterocycles. The molecule has 2 N–H and O–H groups in total. The molecule has 0 saturated heterocycles. The van der Waals surface area contributed by atoms with Crippen LogP contribution in [0.25, 0.3) is 0 Å². The van der Waals surface area contributed by atoms with Gasteiger partial charge in [0.05, 0.1) is 6.42 Å². The number of hydrogen-bond acceptors (Lipinski definition) is 3. The van der Waals surface area contributed by atoms with E-state index in [1.165, 1.54) is 5.56 Å². The van der Waals surface area contributed by atoms with Crippen molar-refractivity contribution < 1.29 is 15.0 Å². The Bertz CT molecular complexity index is 389. The molecule has 106 valence electrons. The van der Waals surface area contributed by atoms with Gasteiger partial charge in [-0.1, -0.05) is 19.1 Å². The van der Waals surface area contributed by atoms with Gasteiger partial charge < -0.3 is 15.1 Å². The van der Waals surface area contributed by atoms with E-state index in [2.05, 4.69) is 18.7 Å². The number of aryl methyl sites for hydroxylation is 1. The Morgan fingerprint density at radius 1 is 1.32 bits per heavy atom. The minimum Gasteiger partial charge on any atom is -0.508 e. The lowest BCUT2D eigenvalue weighted by Gasteiger charge is -2.27. The average molecular weight is 265 g/mol. The minimum atomic E-state index is -0.746. The highest BCUT2D eigenvalue weighted by Gasteiger charge is 2.13. The van der Waals surface area contributed by atoms with E-state index in [1.807, 2.05) is 12.1 Å². The van der Waals surface area contributed by atoms with Gasteiger partial charge in [-0.25, -0.2) is 0 Å². The minimum absolute atomic E-state index is 0.192. The van der Waals surface area contributed by atoms with Crippen LogP contribution in [0, 0.1) is 0 Å². The molecule has 0 fully saturated rings. The van der Waals surface area contributed by atoms with Crippen LogP contribution in [0.4, 0.5) is 0 Å². The molecule has 0 bridgehead atoms. The first kappa shape index (κ1) is 15.5. The predicted molar refractivity (Wildman–Crippen MR) is 75.4 cm³/mol. The molecule has 0 aromatic heterocycles. The third-order valence-corrected chi connectivity index (χ3v) is 3.43. The fourth-order valence-electron chi connectivity index (χ4n) is 2.15. The van der Waals surface area contributed by atoms with Gasteiger partial charge in [-0.15, -0.1) is 0 Å². The van der Waals surface area contributed by atoms with Crippen LogP contribution < -0.4 is 0 Å². The highest BCUT2D eigenvalue weighted by molar-refractivity contribution is 5.66. The Morgan fingerprint density at radius 2 is 1.95 bits per heavy atom. The quantitative estimate of drug-likeness (QED) is 0.758. The molecule has 4 nitrogen and oxygen atoms in total. The summed E-state index contributed by atoms with van der Waals surface area (Å²) in [6, 6.07) is 7.60. The normalized spacial score (nSPS) is 12.6. The molecular formula is C15H23NO3. The van der Waals surface area contributed by atoms with Crippen LogP contribution in [0.3, 0.4) is 0 Å². The van der Waals surface area contributed by atoms with Gasteiger partial charge in [0.15, 0.2) is 0 Å². The van der Waals surface area contributed by atoms with Crippen LogP contribution in [0.5, 0.6) is 5.75 Å². The molecule has 0 radical (unpaired) electrons. The molecule has 0 spiro atoms. The molecule has 0 aliphatic heterocycles. The summed E-state index contributed by atoms with van der Waals surface area (Å²) in [4.78, 5) is 12.8. The Hall–Kier alpha value is -1.55. The van der Waals surface area contributed by atoms with E-state index in [0.717, 1.165) is 19.4 Å². The maximum Gasteiger partial charge on any atom is 0.304 e. The second-order valence-electron chi connectivity index (χ2n) is 4.83. The number of rotatable bonds is 8. The largest absolute Gasteiger partial charge is 0.508 e. The van der Waals surface area contributed by atoms with E-state index in [1.54, 1.807) is 12.1 Å². The Balaban J connectivity index is 2.41. The van der Waals surface area contributed by atoms with Gasteiger partial charge in [-0.05, 0) is 44.0 Å². The number of benzene rings is 1. The highest BCUT2D eigenvalue weighted by atomic mass is 16.4. The highest BCUT2D eigenvalue weighted by Crippen LogP contribution is 2.14. The number of carboxylic acids is 1. The zero-order valence-corrected chi connectivity index (χ0v) is 11.7. The van der Waals surface area contributed by atoms with Gasteiger partial charge in [0.25, 0.3) is 0 Å². The SMILES string of the molecule is CCN(CCC(=O)O)C(C)CCc1ccc(O)cc1. The summed E-state index contributed by atoms with van der Waals surface area (Å²) in [5.41, 5.74) is 1.19. The van der Waals surface area contributed by atoms with E-state index in [-0.39, 0.29) is 12.2 Å². The summed E-state index contributed by atoms with van der Waals surface area (Å²) in [7, 11) is 0. The summed E-state index contributed by atoms with van der Waals surface area (Å²) in [6.07, 6.45) is 2.11. The molecule has 1 rings (SSSR count).